The van der Waals surface area contributed by atoms with Crippen molar-refractivity contribution >= 4 is 0 Å². The minimum atomic E-state index is -2.21. The number of rotatable bonds is 14. The first kappa shape index (κ1) is 68.7. The molecule has 4 aliphatic carbocycles. The predicted molar refractivity (Wildman–Crippen MR) is 289 cm³/mol. The summed E-state index contributed by atoms with van der Waals surface area (Å²) in [6.45, 7) is 9.21. The molecule has 7 saturated heterocycles. The van der Waals surface area contributed by atoms with Crippen LogP contribution in [-0.4, -0.2) is 304 Å². The number of fused-ring (bicyclic) bond motifs is 7. The van der Waals surface area contributed by atoms with Crippen LogP contribution in [0.25, 0.3) is 0 Å². The molecule has 0 aromatic heterocycles. The van der Waals surface area contributed by atoms with E-state index in [0.29, 0.717) is 25.4 Å². The fourth-order valence-electron chi connectivity index (χ4n) is 17.4. The van der Waals surface area contributed by atoms with Crippen molar-refractivity contribution in [3.8, 4) is 0 Å². The van der Waals surface area contributed by atoms with E-state index >= 15 is 0 Å². The monoisotopic (exact) mass is 1260 g/mol. The van der Waals surface area contributed by atoms with E-state index in [1.54, 1.807) is 0 Å². The molecule has 17 N–H and O–H groups in total. The Morgan fingerprint density at radius 1 is 0.448 bits per heavy atom. The van der Waals surface area contributed by atoms with Gasteiger partial charge in [0.2, 0.25) is 0 Å². The largest absolute Gasteiger partial charge is 0.394 e. The lowest BCUT2D eigenvalue weighted by molar-refractivity contribution is -0.410. The standard InChI is InChI=1S/C56H92O29.C2H6/c1-19-7-10-56(75-17-19)20(2)31-45(85-56)37(67)32-22-6-5-21-11-26(24(61)12-55(21,4)23(22)8-9-54(31,32)3)76-50-42(72)39(69)44(30(16-60)80-50)81-53-48(47(36(66)29(15-59)79-53)83-49-40(70)33(63)25(62)18-74-49)84-52-43(73)46(35(65)28(14-58)78-52)82-51-41(71)38(68)34(64)27(13-57)77-51;1-2/h19-53,57-73H,5-18H2,1-4H3;1-2H3/t19-,20+,21+,22-,23+,24-,25-,26-,27-,28-,29-,30-,31+,32-,33+,34-,35-,36-,37+,38+,39-,40-,41-,42-,43-,44+,45-,46+,47+,48-,49+,50-,51+,52+,53+,54-,55+,56-;/m1./s1. The third-order valence-electron chi connectivity index (χ3n) is 22.2. The Labute approximate surface area is 504 Å². The zero-order chi connectivity index (χ0) is 63.1. The van der Waals surface area contributed by atoms with Crippen molar-refractivity contribution in [1.82, 2.24) is 0 Å². The molecule has 0 aromatic rings. The Morgan fingerprint density at radius 2 is 1.00 bits per heavy atom. The maximum atomic E-state index is 12.3. The molecule has 11 fully saturated rings. The molecule has 0 aromatic carbocycles. The Kier molecular flexibility index (Phi) is 21.5. The van der Waals surface area contributed by atoms with Crippen molar-refractivity contribution in [3.05, 3.63) is 0 Å². The van der Waals surface area contributed by atoms with Crippen molar-refractivity contribution < 1.29 is 144 Å². The van der Waals surface area contributed by atoms with Crippen LogP contribution in [0.5, 0.6) is 0 Å². The quantitative estimate of drug-likeness (QED) is 0.0722. The molecule has 87 heavy (non-hydrogen) atoms. The van der Waals surface area contributed by atoms with Crippen LogP contribution in [-0.2, 0) is 56.8 Å². The van der Waals surface area contributed by atoms with E-state index in [4.69, 9.17) is 56.8 Å². The van der Waals surface area contributed by atoms with Gasteiger partial charge in [0, 0.05) is 18.3 Å². The molecule has 504 valence electrons. The zero-order valence-corrected chi connectivity index (χ0v) is 50.1. The lowest BCUT2D eigenvalue weighted by Crippen LogP contribution is -2.69. The molecule has 29 heteroatoms. The van der Waals surface area contributed by atoms with Crippen molar-refractivity contribution in [2.45, 2.75) is 271 Å². The molecule has 29 nitrogen and oxygen atoms in total. The van der Waals surface area contributed by atoms with Gasteiger partial charge in [0.05, 0.1) is 64.1 Å². The fourth-order valence-corrected chi connectivity index (χ4v) is 17.4. The second kappa shape index (κ2) is 27.3. The van der Waals surface area contributed by atoms with Gasteiger partial charge in [0.25, 0.3) is 0 Å². The van der Waals surface area contributed by atoms with Gasteiger partial charge in [0.15, 0.2) is 37.2 Å². The Balaban J connectivity index is 0.00000415. The maximum absolute atomic E-state index is 12.3. The molecule has 0 radical (unpaired) electrons. The molecular weight excluding hydrogens is 1160 g/mol. The van der Waals surface area contributed by atoms with Crippen molar-refractivity contribution in [2.75, 3.05) is 39.6 Å². The second-order valence-electron chi connectivity index (χ2n) is 26.9. The molecule has 1 spiro atoms. The lowest BCUT2D eigenvalue weighted by Gasteiger charge is -2.62. The highest BCUT2D eigenvalue weighted by molar-refractivity contribution is 5.19. The van der Waals surface area contributed by atoms with E-state index in [1.165, 1.54) is 0 Å². The van der Waals surface area contributed by atoms with Crippen molar-refractivity contribution in [3.63, 3.8) is 0 Å². The van der Waals surface area contributed by atoms with Crippen LogP contribution in [0.4, 0.5) is 0 Å². The predicted octanol–water partition coefficient (Wildman–Crippen LogP) is -5.48. The van der Waals surface area contributed by atoms with E-state index in [9.17, 15) is 86.8 Å². The minimum Gasteiger partial charge on any atom is -0.394 e. The van der Waals surface area contributed by atoms with E-state index < -0.39 is 205 Å². The third-order valence-corrected chi connectivity index (χ3v) is 22.2. The summed E-state index contributed by atoms with van der Waals surface area (Å²) in [6, 6.07) is 0. The summed E-state index contributed by atoms with van der Waals surface area (Å²) < 4.78 is 72.8. The summed E-state index contributed by atoms with van der Waals surface area (Å²) in [6.07, 6.45) is -42.5. The molecule has 11 rings (SSSR count). The van der Waals surface area contributed by atoms with Gasteiger partial charge in [-0.25, -0.2) is 0 Å². The molecule has 38 atom stereocenters. The van der Waals surface area contributed by atoms with Gasteiger partial charge in [-0.1, -0.05) is 41.5 Å². The molecule has 0 amide bonds. The summed E-state index contributed by atoms with van der Waals surface area (Å²) in [5.41, 5.74) is -0.531. The normalized spacial score (nSPS) is 56.8. The first-order chi connectivity index (χ1) is 41.3. The van der Waals surface area contributed by atoms with E-state index in [0.717, 1.165) is 38.5 Å². The van der Waals surface area contributed by atoms with E-state index in [1.807, 2.05) is 13.8 Å². The molecule has 4 saturated carbocycles. The van der Waals surface area contributed by atoms with Gasteiger partial charge < -0.3 is 144 Å². The average Bonchev–Trinajstić information content (AvgIpc) is 1.56. The third kappa shape index (κ3) is 12.2. The first-order valence-corrected chi connectivity index (χ1v) is 31.5. The zero-order valence-electron chi connectivity index (χ0n) is 50.1. The van der Waals surface area contributed by atoms with Crippen LogP contribution in [0.2, 0.25) is 0 Å². The van der Waals surface area contributed by atoms with Crippen LogP contribution in [0, 0.1) is 52.3 Å². The number of aliphatic hydroxyl groups is 17. The van der Waals surface area contributed by atoms with E-state index in [2.05, 4.69) is 27.7 Å². The van der Waals surface area contributed by atoms with Crippen LogP contribution >= 0.6 is 0 Å². The lowest BCUT2D eigenvalue weighted by atomic mass is 9.44. The molecule has 0 bridgehead atoms. The average molecular weight is 1260 g/mol. The number of aliphatic hydroxyl groups excluding tert-OH is 17. The Morgan fingerprint density at radius 3 is 1.64 bits per heavy atom. The first-order valence-electron chi connectivity index (χ1n) is 31.5. The molecule has 7 heterocycles. The maximum Gasteiger partial charge on any atom is 0.187 e. The Hall–Kier alpha value is -1.16. The molecule has 11 aliphatic rings. The SMILES string of the molecule is CC.C[C@@H]1CC[C@@]2(OC1)O[C@H]1[C@@H](O)[C@H]3[C@@H]4CC[C@H]5C[C@@H](O[C@@H]6O[C@H](CO)[C@H](O[C@@H]7O[C@H](CO)[C@@H](O)[C@H](O[C@@H]8OC[C@@H](O)[C@H](O)[C@H]8O)[C@H]7O[C@@H]7O[C@H](CO)[C@@H](O)[C@H](O[C@@H]8O[C@H](CO)[C@@H](O)[C@H](O)[C@H]8O)[C@H]7O)[C@H](O)[C@H]6O)[C@H](O)C[C@]5(C)[C@H]4CC[C@]3(C)[C@H]1[C@@H]2C. The van der Waals surface area contributed by atoms with Crippen LogP contribution in [0.3, 0.4) is 0 Å². The fraction of sp³-hybridized carbons (Fsp3) is 1.00. The van der Waals surface area contributed by atoms with Crippen molar-refractivity contribution in [1.29, 1.82) is 0 Å². The van der Waals surface area contributed by atoms with Crippen molar-refractivity contribution in [2.24, 2.45) is 52.3 Å². The molecule has 7 aliphatic heterocycles. The summed E-state index contributed by atoms with van der Waals surface area (Å²) in [5.74, 6) is 0.388. The van der Waals surface area contributed by atoms with Gasteiger partial charge in [-0.3, -0.25) is 0 Å². The highest BCUT2D eigenvalue weighted by atomic mass is 16.8. The number of ether oxygens (including phenoxy) is 12. The smallest absolute Gasteiger partial charge is 0.187 e. The highest BCUT2D eigenvalue weighted by Crippen LogP contribution is 2.71. The second-order valence-corrected chi connectivity index (χ2v) is 26.9. The summed E-state index contributed by atoms with van der Waals surface area (Å²) in [5, 5.41) is 188. The highest BCUT2D eigenvalue weighted by Gasteiger charge is 2.73. The Bertz CT molecular complexity index is 2220. The van der Waals surface area contributed by atoms with E-state index in [-0.39, 0.29) is 52.4 Å². The molecular formula is C58H98O29. The van der Waals surface area contributed by atoms with Gasteiger partial charge in [-0.15, -0.1) is 0 Å². The molecule has 0 unspecified atom stereocenters. The number of hydrogen-bond acceptors (Lipinski definition) is 29. The summed E-state index contributed by atoms with van der Waals surface area (Å²) in [4.78, 5) is 0. The van der Waals surface area contributed by atoms with Gasteiger partial charge >= 0.3 is 0 Å². The van der Waals surface area contributed by atoms with Gasteiger partial charge in [-0.2, -0.15) is 0 Å². The van der Waals surface area contributed by atoms with Crippen LogP contribution in [0.1, 0.15) is 92.9 Å². The van der Waals surface area contributed by atoms with Crippen LogP contribution in [0.15, 0.2) is 0 Å². The summed E-state index contributed by atoms with van der Waals surface area (Å²) >= 11 is 0. The van der Waals surface area contributed by atoms with Crippen LogP contribution < -0.4 is 0 Å². The van der Waals surface area contributed by atoms with Gasteiger partial charge in [-0.05, 0) is 85.4 Å². The number of hydrogen-bond donors (Lipinski definition) is 17. The minimum absolute atomic E-state index is 0.00749. The van der Waals surface area contributed by atoms with Gasteiger partial charge in [0.1, 0.15) is 116 Å². The summed E-state index contributed by atoms with van der Waals surface area (Å²) in [7, 11) is 0. The topological polar surface area (TPSA) is 455 Å².